The van der Waals surface area contributed by atoms with Crippen LogP contribution in [0.4, 0.5) is 0 Å². The van der Waals surface area contributed by atoms with Crippen LogP contribution in [-0.4, -0.2) is 87.3 Å². The van der Waals surface area contributed by atoms with Gasteiger partial charge in [-0.2, -0.15) is 0 Å². The number of methoxy groups -OCH3 is 3. The highest BCUT2D eigenvalue weighted by atomic mass is 35.5. The maximum atomic E-state index is 13.4. The van der Waals surface area contributed by atoms with Crippen LogP contribution < -0.4 is 14.2 Å². The van der Waals surface area contributed by atoms with E-state index in [1.807, 2.05) is 0 Å². The van der Waals surface area contributed by atoms with Gasteiger partial charge in [-0.3, -0.25) is 14.5 Å². The van der Waals surface area contributed by atoms with Gasteiger partial charge in [0.05, 0.1) is 51.2 Å². The molecule has 1 unspecified atom stereocenters. The summed E-state index contributed by atoms with van der Waals surface area (Å²) in [4.78, 5) is 30.3. The first kappa shape index (κ1) is 25.8. The molecule has 4 rings (SSSR count). The predicted octanol–water partition coefficient (Wildman–Crippen LogP) is 3.12. The van der Waals surface area contributed by atoms with E-state index < -0.39 is 17.7 Å². The Morgan fingerprint density at radius 3 is 2.39 bits per heavy atom. The van der Waals surface area contributed by atoms with Crippen molar-refractivity contribution in [3.63, 3.8) is 0 Å². The van der Waals surface area contributed by atoms with Crippen LogP contribution in [-0.2, 0) is 14.3 Å². The zero-order valence-corrected chi connectivity index (χ0v) is 21.2. The lowest BCUT2D eigenvalue weighted by atomic mass is 9.94. The second-order valence-electron chi connectivity index (χ2n) is 8.38. The lowest BCUT2D eigenvalue weighted by molar-refractivity contribution is -0.140. The number of rotatable bonds is 8. The van der Waals surface area contributed by atoms with Gasteiger partial charge in [0.2, 0.25) is 0 Å². The SMILES string of the molecule is COc1ccc(C(O)=C2C(=O)C(=O)N(CCN3CCOCC3)C2c2cccc(OC)c2OC)cc1Cl. The van der Waals surface area contributed by atoms with Crippen LogP contribution in [0.2, 0.25) is 5.02 Å². The summed E-state index contributed by atoms with van der Waals surface area (Å²) >= 11 is 6.28. The summed E-state index contributed by atoms with van der Waals surface area (Å²) in [5, 5.41) is 11.6. The Morgan fingerprint density at radius 1 is 1.03 bits per heavy atom. The number of halogens is 1. The Kier molecular flexibility index (Phi) is 8.03. The fourth-order valence-electron chi connectivity index (χ4n) is 4.60. The first-order chi connectivity index (χ1) is 17.4. The van der Waals surface area contributed by atoms with Crippen LogP contribution in [0.1, 0.15) is 17.2 Å². The number of ketones is 1. The van der Waals surface area contributed by atoms with E-state index in [9.17, 15) is 14.7 Å². The van der Waals surface area contributed by atoms with Gasteiger partial charge in [-0.05, 0) is 24.3 Å². The molecule has 10 heteroatoms. The Labute approximate surface area is 214 Å². The van der Waals surface area contributed by atoms with Crippen LogP contribution in [0.25, 0.3) is 5.76 Å². The number of hydrogen-bond donors (Lipinski definition) is 1. The monoisotopic (exact) mass is 516 g/mol. The molecule has 2 aromatic carbocycles. The first-order valence-corrected chi connectivity index (χ1v) is 11.9. The molecule has 1 N–H and O–H groups in total. The molecule has 2 aliphatic rings. The minimum Gasteiger partial charge on any atom is -0.507 e. The molecule has 1 amide bonds. The van der Waals surface area contributed by atoms with Crippen LogP contribution in [0.5, 0.6) is 17.2 Å². The van der Waals surface area contributed by atoms with Gasteiger partial charge in [0.1, 0.15) is 11.5 Å². The van der Waals surface area contributed by atoms with E-state index in [1.54, 1.807) is 30.3 Å². The number of hydrogen-bond acceptors (Lipinski definition) is 8. The Bertz CT molecular complexity index is 1180. The Morgan fingerprint density at radius 2 is 1.75 bits per heavy atom. The molecule has 2 saturated heterocycles. The number of carbonyl (C=O) groups is 2. The number of Topliss-reactive ketones (excluding diaryl/α,β-unsaturated/α-hetero) is 1. The number of para-hydroxylation sites is 1. The average molecular weight is 517 g/mol. The number of likely N-dealkylation sites (tertiary alicyclic amines) is 1. The predicted molar refractivity (Wildman–Crippen MR) is 134 cm³/mol. The molecule has 2 aliphatic heterocycles. The molecule has 36 heavy (non-hydrogen) atoms. The maximum Gasteiger partial charge on any atom is 0.295 e. The van der Waals surface area contributed by atoms with Crippen molar-refractivity contribution < 1.29 is 33.6 Å². The summed E-state index contributed by atoms with van der Waals surface area (Å²) in [5.41, 5.74) is 0.771. The third-order valence-corrected chi connectivity index (χ3v) is 6.75. The van der Waals surface area contributed by atoms with E-state index in [4.69, 9.17) is 30.5 Å². The van der Waals surface area contributed by atoms with Crippen LogP contribution in [0.3, 0.4) is 0 Å². The summed E-state index contributed by atoms with van der Waals surface area (Å²) in [7, 11) is 4.48. The van der Waals surface area contributed by atoms with Gasteiger partial charge in [0, 0.05) is 37.3 Å². The highest BCUT2D eigenvalue weighted by Crippen LogP contribution is 2.45. The van der Waals surface area contributed by atoms with Crippen molar-refractivity contribution in [1.29, 1.82) is 0 Å². The van der Waals surface area contributed by atoms with Crippen molar-refractivity contribution in [3.05, 3.63) is 58.1 Å². The molecule has 0 radical (unpaired) electrons. The summed E-state index contributed by atoms with van der Waals surface area (Å²) in [6.45, 7) is 3.53. The third kappa shape index (κ3) is 4.86. The lowest BCUT2D eigenvalue weighted by Crippen LogP contribution is -2.42. The topological polar surface area (TPSA) is 97.8 Å². The van der Waals surface area contributed by atoms with Crippen molar-refractivity contribution >= 4 is 29.1 Å². The number of nitrogens with zero attached hydrogens (tertiary/aromatic N) is 2. The van der Waals surface area contributed by atoms with Crippen molar-refractivity contribution in [2.45, 2.75) is 6.04 Å². The standard InChI is InChI=1S/C26H29ClN2O7/c1-33-19-8-7-16(15-18(19)27)23(30)21-22(17-5-4-6-20(34-2)25(17)35-3)29(26(32)24(21)31)10-9-28-11-13-36-14-12-28/h4-8,15,22,30H,9-14H2,1-3H3. The number of amides is 1. The number of aliphatic hydroxyl groups is 1. The lowest BCUT2D eigenvalue weighted by Gasteiger charge is -2.31. The molecular weight excluding hydrogens is 488 g/mol. The minimum absolute atomic E-state index is 0.0465. The molecule has 0 aliphatic carbocycles. The van der Waals surface area contributed by atoms with Crippen LogP contribution in [0, 0.1) is 0 Å². The van der Waals surface area contributed by atoms with Gasteiger partial charge in [-0.15, -0.1) is 0 Å². The van der Waals surface area contributed by atoms with Gasteiger partial charge < -0.3 is 29.0 Å². The van der Waals surface area contributed by atoms with Gasteiger partial charge in [-0.1, -0.05) is 23.7 Å². The molecule has 2 aromatic rings. The Hall–Kier alpha value is -3.27. The minimum atomic E-state index is -0.892. The molecule has 192 valence electrons. The van der Waals surface area contributed by atoms with Crippen molar-refractivity contribution in [1.82, 2.24) is 9.80 Å². The highest BCUT2D eigenvalue weighted by Gasteiger charge is 2.47. The van der Waals surface area contributed by atoms with Gasteiger partial charge in [0.25, 0.3) is 11.7 Å². The van der Waals surface area contributed by atoms with Gasteiger partial charge in [0.15, 0.2) is 11.5 Å². The summed E-state index contributed by atoms with van der Waals surface area (Å²) in [6, 6.07) is 9.02. The quantitative estimate of drug-likeness (QED) is 0.325. The first-order valence-electron chi connectivity index (χ1n) is 11.5. The zero-order chi connectivity index (χ0) is 25.8. The van der Waals surface area contributed by atoms with Gasteiger partial charge in [-0.25, -0.2) is 0 Å². The fourth-order valence-corrected chi connectivity index (χ4v) is 4.86. The number of morpholine rings is 1. The summed E-state index contributed by atoms with van der Waals surface area (Å²) in [5.74, 6) is -0.564. The zero-order valence-electron chi connectivity index (χ0n) is 20.5. The molecule has 0 spiro atoms. The number of carbonyl (C=O) groups excluding carboxylic acids is 2. The molecule has 0 bridgehead atoms. The number of benzene rings is 2. The van der Waals surface area contributed by atoms with E-state index >= 15 is 0 Å². The van der Waals surface area contributed by atoms with Crippen LogP contribution >= 0.6 is 11.6 Å². The molecule has 2 heterocycles. The van der Waals surface area contributed by atoms with E-state index in [1.165, 1.54) is 32.3 Å². The van der Waals surface area contributed by atoms with E-state index in [0.717, 1.165) is 13.1 Å². The van der Waals surface area contributed by atoms with E-state index in [2.05, 4.69) is 4.90 Å². The van der Waals surface area contributed by atoms with E-state index in [-0.39, 0.29) is 22.9 Å². The maximum absolute atomic E-state index is 13.4. The fraction of sp³-hybridized carbons (Fsp3) is 0.385. The van der Waals surface area contributed by atoms with Crippen molar-refractivity contribution in [2.24, 2.45) is 0 Å². The normalized spacial score (nSPS) is 20.0. The van der Waals surface area contributed by atoms with Gasteiger partial charge >= 0.3 is 0 Å². The number of aliphatic hydroxyl groups excluding tert-OH is 1. The van der Waals surface area contributed by atoms with Crippen LogP contribution in [0.15, 0.2) is 42.0 Å². The smallest absolute Gasteiger partial charge is 0.295 e. The third-order valence-electron chi connectivity index (χ3n) is 6.45. The molecular formula is C26H29ClN2O7. The molecule has 1 atom stereocenters. The molecule has 9 nitrogen and oxygen atoms in total. The molecule has 0 saturated carbocycles. The Balaban J connectivity index is 1.83. The summed E-state index contributed by atoms with van der Waals surface area (Å²) < 4.78 is 21.7. The van der Waals surface area contributed by atoms with Crippen molar-refractivity contribution in [2.75, 3.05) is 60.7 Å². The average Bonchev–Trinajstić information content (AvgIpc) is 3.16. The highest BCUT2D eigenvalue weighted by molar-refractivity contribution is 6.46. The summed E-state index contributed by atoms with van der Waals surface area (Å²) in [6.07, 6.45) is 0. The van der Waals surface area contributed by atoms with E-state index in [0.29, 0.717) is 48.1 Å². The largest absolute Gasteiger partial charge is 0.507 e. The van der Waals surface area contributed by atoms with Crippen molar-refractivity contribution in [3.8, 4) is 17.2 Å². The second kappa shape index (κ2) is 11.2. The molecule has 0 aromatic heterocycles. The second-order valence-corrected chi connectivity index (χ2v) is 8.79. The molecule has 2 fully saturated rings. The number of ether oxygens (including phenoxy) is 4.